The number of nitrogens with one attached hydrogen (secondary N) is 1. The second-order valence-electron chi connectivity index (χ2n) is 3.54. The minimum absolute atomic E-state index is 0.216. The highest BCUT2D eigenvalue weighted by atomic mass is 32.1. The zero-order valence-electron chi connectivity index (χ0n) is 9.48. The zero-order chi connectivity index (χ0) is 12.6. The van der Waals surface area contributed by atoms with E-state index in [1.807, 2.05) is 13.8 Å². The maximum absolute atomic E-state index is 8.14. The van der Waals surface area contributed by atoms with E-state index in [-0.39, 0.29) is 17.3 Å². The van der Waals surface area contributed by atoms with Crippen LogP contribution < -0.4 is 11.5 Å². The van der Waals surface area contributed by atoms with Crippen molar-refractivity contribution in [2.45, 2.75) is 13.8 Å². The normalized spacial score (nSPS) is 10.5. The average molecular weight is 248 g/mol. The highest BCUT2D eigenvalue weighted by Crippen LogP contribution is 2.25. The van der Waals surface area contributed by atoms with Crippen LogP contribution in [0.4, 0.5) is 11.6 Å². The molecule has 5 N–H and O–H groups in total. The SMILES string of the molecule is Cc1nc(C)c(C(=N)c2c(N)ncnc2N)s1. The molecule has 2 aromatic heterocycles. The molecule has 17 heavy (non-hydrogen) atoms. The first kappa shape index (κ1) is 11.5. The van der Waals surface area contributed by atoms with Crippen molar-refractivity contribution in [3.8, 4) is 0 Å². The molecule has 0 spiro atoms. The van der Waals surface area contributed by atoms with Crippen LogP contribution >= 0.6 is 11.3 Å². The van der Waals surface area contributed by atoms with Crippen molar-refractivity contribution in [3.63, 3.8) is 0 Å². The largest absolute Gasteiger partial charge is 0.383 e. The monoisotopic (exact) mass is 248 g/mol. The molecule has 6 nitrogen and oxygen atoms in total. The van der Waals surface area contributed by atoms with Gasteiger partial charge in [0.05, 0.1) is 26.9 Å². The lowest BCUT2D eigenvalue weighted by Gasteiger charge is -2.07. The molecule has 7 heteroatoms. The quantitative estimate of drug-likeness (QED) is 0.689. The summed E-state index contributed by atoms with van der Waals surface area (Å²) in [5.41, 5.74) is 12.8. The molecule has 0 aliphatic heterocycles. The molecule has 0 amide bonds. The molecule has 0 aromatic carbocycles. The number of hydrogen-bond donors (Lipinski definition) is 3. The third-order valence-electron chi connectivity index (χ3n) is 2.29. The number of hydrogen-bond acceptors (Lipinski definition) is 7. The van der Waals surface area contributed by atoms with E-state index in [0.29, 0.717) is 5.56 Å². The van der Waals surface area contributed by atoms with E-state index in [1.54, 1.807) is 0 Å². The molecule has 88 valence electrons. The Morgan fingerprint density at radius 3 is 2.29 bits per heavy atom. The molecular formula is C10H12N6S. The van der Waals surface area contributed by atoms with Crippen molar-refractivity contribution >= 4 is 28.7 Å². The summed E-state index contributed by atoms with van der Waals surface area (Å²) in [6, 6.07) is 0. The van der Waals surface area contributed by atoms with Crippen LogP contribution in [0.25, 0.3) is 0 Å². The van der Waals surface area contributed by atoms with Gasteiger partial charge >= 0.3 is 0 Å². The lowest BCUT2D eigenvalue weighted by molar-refractivity contribution is 1.17. The van der Waals surface area contributed by atoms with Crippen molar-refractivity contribution in [3.05, 3.63) is 27.5 Å². The predicted octanol–water partition coefficient (Wildman–Crippen LogP) is 1.13. The number of thiazole rings is 1. The first-order valence-electron chi connectivity index (χ1n) is 4.90. The summed E-state index contributed by atoms with van der Waals surface area (Å²) in [6.45, 7) is 3.74. The molecule has 0 aliphatic rings. The molecule has 2 aromatic rings. The Kier molecular flexibility index (Phi) is 2.76. The van der Waals surface area contributed by atoms with Gasteiger partial charge in [-0.05, 0) is 13.8 Å². The molecule has 2 rings (SSSR count). The summed E-state index contributed by atoms with van der Waals surface area (Å²) in [5, 5.41) is 9.04. The van der Waals surface area contributed by atoms with E-state index in [9.17, 15) is 0 Å². The molecule has 0 fully saturated rings. The van der Waals surface area contributed by atoms with Gasteiger partial charge < -0.3 is 11.5 Å². The van der Waals surface area contributed by atoms with Gasteiger partial charge in [-0.1, -0.05) is 0 Å². The predicted molar refractivity (Wildman–Crippen MR) is 68.4 cm³/mol. The van der Waals surface area contributed by atoms with Crippen LogP contribution in [-0.2, 0) is 0 Å². The summed E-state index contributed by atoms with van der Waals surface area (Å²) in [7, 11) is 0. The number of anilines is 2. The molecule has 0 saturated carbocycles. The summed E-state index contributed by atoms with van der Waals surface area (Å²) in [5.74, 6) is 0.431. The Bertz CT molecular complexity index is 568. The summed E-state index contributed by atoms with van der Waals surface area (Å²) >= 11 is 1.43. The fourth-order valence-electron chi connectivity index (χ4n) is 1.55. The summed E-state index contributed by atoms with van der Waals surface area (Å²) in [4.78, 5) is 12.7. The van der Waals surface area contributed by atoms with Gasteiger partial charge in [0.1, 0.15) is 18.0 Å². The standard InChI is InChI=1S/C10H12N6S/c1-4-8(17-5(2)16-4)7(11)6-9(12)14-3-15-10(6)13/h3,11H,1-2H3,(H4,12,13,14,15). The second-order valence-corrected chi connectivity index (χ2v) is 4.74. The molecule has 0 aliphatic carbocycles. The molecule has 0 unspecified atom stereocenters. The van der Waals surface area contributed by atoms with Crippen LogP contribution in [-0.4, -0.2) is 20.7 Å². The molecule has 0 saturated heterocycles. The number of aromatic nitrogens is 3. The van der Waals surface area contributed by atoms with Gasteiger partial charge in [-0.2, -0.15) is 0 Å². The van der Waals surface area contributed by atoms with Crippen molar-refractivity contribution < 1.29 is 0 Å². The second kappa shape index (κ2) is 4.10. The van der Waals surface area contributed by atoms with Gasteiger partial charge in [0.15, 0.2) is 0 Å². The Labute approximate surface area is 102 Å². The smallest absolute Gasteiger partial charge is 0.138 e. The molecule has 0 bridgehead atoms. The fourth-order valence-corrected chi connectivity index (χ4v) is 2.42. The van der Waals surface area contributed by atoms with Gasteiger partial charge in [-0.15, -0.1) is 11.3 Å². The Hall–Kier alpha value is -2.02. The number of nitrogen functional groups attached to an aromatic ring is 2. The number of nitrogens with two attached hydrogens (primary N) is 2. The van der Waals surface area contributed by atoms with Crippen LogP contribution in [0, 0.1) is 19.3 Å². The minimum atomic E-state index is 0.216. The summed E-state index contributed by atoms with van der Waals surface area (Å²) < 4.78 is 0. The van der Waals surface area contributed by atoms with E-state index < -0.39 is 0 Å². The van der Waals surface area contributed by atoms with Gasteiger partial charge in [0.2, 0.25) is 0 Å². The van der Waals surface area contributed by atoms with Gasteiger partial charge in [-0.3, -0.25) is 5.41 Å². The lowest BCUT2D eigenvalue weighted by atomic mass is 10.1. The van der Waals surface area contributed by atoms with Crippen LogP contribution in [0.2, 0.25) is 0 Å². The Morgan fingerprint density at radius 1 is 1.24 bits per heavy atom. The van der Waals surface area contributed by atoms with Crippen molar-refractivity contribution in [1.29, 1.82) is 5.41 Å². The number of rotatable bonds is 2. The average Bonchev–Trinajstić information content (AvgIpc) is 2.57. The molecular weight excluding hydrogens is 236 g/mol. The zero-order valence-corrected chi connectivity index (χ0v) is 10.3. The van der Waals surface area contributed by atoms with Crippen molar-refractivity contribution in [1.82, 2.24) is 15.0 Å². The van der Waals surface area contributed by atoms with Gasteiger partial charge in [0.25, 0.3) is 0 Å². The topological polar surface area (TPSA) is 115 Å². The van der Waals surface area contributed by atoms with Crippen LogP contribution in [0.1, 0.15) is 21.1 Å². The Balaban J connectivity index is 2.55. The first-order chi connectivity index (χ1) is 8.00. The van der Waals surface area contributed by atoms with Gasteiger partial charge in [-0.25, -0.2) is 15.0 Å². The fraction of sp³-hybridized carbons (Fsp3) is 0.200. The van der Waals surface area contributed by atoms with Crippen molar-refractivity contribution in [2.75, 3.05) is 11.5 Å². The lowest BCUT2D eigenvalue weighted by Crippen LogP contribution is -2.11. The van der Waals surface area contributed by atoms with E-state index >= 15 is 0 Å². The molecule has 2 heterocycles. The maximum Gasteiger partial charge on any atom is 0.138 e. The van der Waals surface area contributed by atoms with Crippen molar-refractivity contribution in [2.24, 2.45) is 0 Å². The van der Waals surface area contributed by atoms with Gasteiger partial charge in [0, 0.05) is 0 Å². The molecule has 0 atom stereocenters. The van der Waals surface area contributed by atoms with Crippen LogP contribution in [0.15, 0.2) is 6.33 Å². The van der Waals surface area contributed by atoms with E-state index in [0.717, 1.165) is 15.6 Å². The minimum Gasteiger partial charge on any atom is -0.383 e. The first-order valence-corrected chi connectivity index (χ1v) is 5.71. The maximum atomic E-state index is 8.14. The third kappa shape index (κ3) is 1.96. The highest BCUT2D eigenvalue weighted by molar-refractivity contribution is 7.14. The summed E-state index contributed by atoms with van der Waals surface area (Å²) in [6.07, 6.45) is 1.28. The Morgan fingerprint density at radius 2 is 1.82 bits per heavy atom. The highest BCUT2D eigenvalue weighted by Gasteiger charge is 2.18. The number of nitrogens with zero attached hydrogens (tertiary/aromatic N) is 3. The number of aryl methyl sites for hydroxylation is 2. The van der Waals surface area contributed by atoms with E-state index in [4.69, 9.17) is 16.9 Å². The van der Waals surface area contributed by atoms with Crippen LogP contribution in [0.5, 0.6) is 0 Å². The third-order valence-corrected chi connectivity index (χ3v) is 3.38. The van der Waals surface area contributed by atoms with E-state index in [2.05, 4.69) is 15.0 Å². The molecule has 0 radical (unpaired) electrons. The van der Waals surface area contributed by atoms with Crippen LogP contribution in [0.3, 0.4) is 0 Å². The van der Waals surface area contributed by atoms with E-state index in [1.165, 1.54) is 17.7 Å².